The van der Waals surface area contributed by atoms with Crippen molar-refractivity contribution in [2.24, 2.45) is 0 Å². The minimum absolute atomic E-state index is 0.257. The van der Waals surface area contributed by atoms with Gasteiger partial charge in [-0.1, -0.05) is 24.3 Å². The number of nitrogens with zero attached hydrogens (tertiary/aromatic N) is 1. The maximum Gasteiger partial charge on any atom is 0.262 e. The van der Waals surface area contributed by atoms with Crippen molar-refractivity contribution in [1.29, 1.82) is 0 Å². The number of hydrogen-bond acceptors (Lipinski definition) is 4. The van der Waals surface area contributed by atoms with Gasteiger partial charge in [-0.15, -0.1) is 0 Å². The molecule has 0 saturated heterocycles. The number of rotatable bonds is 8. The lowest BCUT2D eigenvalue weighted by Crippen LogP contribution is -2.50. The zero-order valence-corrected chi connectivity index (χ0v) is 16.0. The molecule has 0 spiro atoms. The monoisotopic (exact) mass is 367 g/mol. The summed E-state index contributed by atoms with van der Waals surface area (Å²) in [6.07, 6.45) is 0.728. The topological polar surface area (TPSA) is 55.8 Å². The van der Waals surface area contributed by atoms with Gasteiger partial charge in [0.25, 0.3) is 11.8 Å². The van der Waals surface area contributed by atoms with E-state index < -0.39 is 5.54 Å². The summed E-state index contributed by atoms with van der Waals surface area (Å²) in [5.41, 5.74) is 1.36. The van der Waals surface area contributed by atoms with Gasteiger partial charge in [0, 0.05) is 13.0 Å². The molecule has 0 unspecified atom stereocenters. The molecular weight excluding hydrogens is 342 g/mol. The lowest BCUT2D eigenvalue weighted by molar-refractivity contribution is 0.0141. The summed E-state index contributed by atoms with van der Waals surface area (Å²) in [6, 6.07) is 14.8. The van der Waals surface area contributed by atoms with Crippen molar-refractivity contribution in [1.82, 2.24) is 4.90 Å². The van der Waals surface area contributed by atoms with E-state index in [2.05, 4.69) is 0 Å². The molecule has 3 rings (SSSR count). The normalized spacial score (nSPS) is 13.8. The average Bonchev–Trinajstić information content (AvgIpc) is 2.90. The SMILES string of the molecule is Cc1cccc(OCCCOCC(C)(C)N2C(=O)c3ccccc3C2=O)c1. The smallest absolute Gasteiger partial charge is 0.262 e. The number of imide groups is 1. The number of carbonyl (C=O) groups is 2. The Balaban J connectivity index is 1.47. The Morgan fingerprint density at radius 1 is 0.926 bits per heavy atom. The van der Waals surface area contributed by atoms with E-state index in [4.69, 9.17) is 9.47 Å². The summed E-state index contributed by atoms with van der Waals surface area (Å²) in [7, 11) is 0. The van der Waals surface area contributed by atoms with Crippen LogP contribution >= 0.6 is 0 Å². The van der Waals surface area contributed by atoms with Gasteiger partial charge in [0.05, 0.1) is 29.9 Å². The Kier molecular flexibility index (Phi) is 5.61. The van der Waals surface area contributed by atoms with Crippen LogP contribution in [0.2, 0.25) is 0 Å². The molecule has 0 radical (unpaired) electrons. The molecule has 27 heavy (non-hydrogen) atoms. The molecule has 0 aromatic heterocycles. The largest absolute Gasteiger partial charge is 0.493 e. The van der Waals surface area contributed by atoms with Gasteiger partial charge < -0.3 is 9.47 Å². The van der Waals surface area contributed by atoms with Gasteiger partial charge in [0.2, 0.25) is 0 Å². The molecule has 1 aliphatic heterocycles. The number of hydrogen-bond donors (Lipinski definition) is 0. The third-order valence-electron chi connectivity index (χ3n) is 4.55. The Bertz CT molecular complexity index is 809. The summed E-state index contributed by atoms with van der Waals surface area (Å²) < 4.78 is 11.4. The van der Waals surface area contributed by atoms with Gasteiger partial charge in [-0.05, 0) is 50.6 Å². The van der Waals surface area contributed by atoms with Crippen molar-refractivity contribution in [3.05, 3.63) is 65.2 Å². The molecule has 0 fully saturated rings. The molecule has 0 saturated carbocycles. The first kappa shape index (κ1) is 19.1. The van der Waals surface area contributed by atoms with Gasteiger partial charge >= 0.3 is 0 Å². The maximum absolute atomic E-state index is 12.6. The minimum Gasteiger partial charge on any atom is -0.493 e. The van der Waals surface area contributed by atoms with E-state index in [1.165, 1.54) is 4.90 Å². The van der Waals surface area contributed by atoms with E-state index in [0.29, 0.717) is 24.3 Å². The first-order valence-corrected chi connectivity index (χ1v) is 9.15. The van der Waals surface area contributed by atoms with Crippen LogP contribution in [0.3, 0.4) is 0 Å². The second-order valence-electron chi connectivity index (χ2n) is 7.37. The van der Waals surface area contributed by atoms with Gasteiger partial charge in [-0.25, -0.2) is 0 Å². The predicted octanol–water partition coefficient (Wildman–Crippen LogP) is 3.86. The molecule has 0 N–H and O–H groups in total. The molecule has 1 heterocycles. The van der Waals surface area contributed by atoms with Crippen LogP contribution in [0.1, 0.15) is 46.5 Å². The van der Waals surface area contributed by atoms with E-state index >= 15 is 0 Å². The van der Waals surface area contributed by atoms with E-state index in [0.717, 1.165) is 17.7 Å². The van der Waals surface area contributed by atoms with E-state index in [-0.39, 0.29) is 18.4 Å². The van der Waals surface area contributed by atoms with Crippen LogP contribution in [-0.2, 0) is 4.74 Å². The van der Waals surface area contributed by atoms with Crippen molar-refractivity contribution < 1.29 is 19.1 Å². The molecule has 2 aromatic carbocycles. The highest BCUT2D eigenvalue weighted by atomic mass is 16.5. The number of benzene rings is 2. The zero-order valence-electron chi connectivity index (χ0n) is 16.0. The Morgan fingerprint density at radius 2 is 1.59 bits per heavy atom. The number of carbonyl (C=O) groups excluding carboxylic acids is 2. The standard InChI is InChI=1S/C22H25NO4/c1-16-8-6-9-17(14-16)27-13-7-12-26-15-22(2,3)23-20(24)18-10-4-5-11-19(18)21(23)25/h4-6,8-11,14H,7,12-13,15H2,1-3H3. The fourth-order valence-electron chi connectivity index (χ4n) is 3.18. The highest BCUT2D eigenvalue weighted by Crippen LogP contribution is 2.29. The van der Waals surface area contributed by atoms with Crippen molar-refractivity contribution in [3.63, 3.8) is 0 Å². The zero-order chi connectivity index (χ0) is 19.4. The molecule has 2 aromatic rings. The second kappa shape index (κ2) is 7.92. The molecule has 2 amide bonds. The Labute approximate surface area is 159 Å². The molecular formula is C22H25NO4. The van der Waals surface area contributed by atoms with Gasteiger partial charge in [-0.2, -0.15) is 0 Å². The summed E-state index contributed by atoms with van der Waals surface area (Å²) in [4.78, 5) is 26.5. The van der Waals surface area contributed by atoms with Crippen LogP contribution in [0.5, 0.6) is 5.75 Å². The van der Waals surface area contributed by atoms with E-state index in [9.17, 15) is 9.59 Å². The van der Waals surface area contributed by atoms with Crippen molar-refractivity contribution in [2.75, 3.05) is 19.8 Å². The van der Waals surface area contributed by atoms with Crippen LogP contribution in [0, 0.1) is 6.92 Å². The van der Waals surface area contributed by atoms with Crippen molar-refractivity contribution >= 4 is 11.8 Å². The molecule has 0 atom stereocenters. The van der Waals surface area contributed by atoms with E-state index in [1.807, 2.05) is 45.0 Å². The third kappa shape index (κ3) is 4.19. The summed E-state index contributed by atoms with van der Waals surface area (Å²) >= 11 is 0. The average molecular weight is 367 g/mol. The van der Waals surface area contributed by atoms with Gasteiger partial charge in [0.15, 0.2) is 0 Å². The summed E-state index contributed by atoms with van der Waals surface area (Å²) in [6.45, 7) is 7.05. The lowest BCUT2D eigenvalue weighted by atomic mass is 10.0. The highest BCUT2D eigenvalue weighted by molar-refractivity contribution is 6.21. The van der Waals surface area contributed by atoms with Gasteiger partial charge in [0.1, 0.15) is 5.75 Å². The van der Waals surface area contributed by atoms with E-state index in [1.54, 1.807) is 24.3 Å². The lowest BCUT2D eigenvalue weighted by Gasteiger charge is -2.33. The van der Waals surface area contributed by atoms with Crippen LogP contribution < -0.4 is 4.74 Å². The van der Waals surface area contributed by atoms with Crippen LogP contribution in [0.25, 0.3) is 0 Å². The molecule has 0 bridgehead atoms. The molecule has 142 valence electrons. The number of fused-ring (bicyclic) bond motifs is 1. The summed E-state index contributed by atoms with van der Waals surface area (Å²) in [5, 5.41) is 0. The van der Waals surface area contributed by atoms with Crippen LogP contribution in [-0.4, -0.2) is 42.1 Å². The Morgan fingerprint density at radius 3 is 2.22 bits per heavy atom. The van der Waals surface area contributed by atoms with Crippen LogP contribution in [0.4, 0.5) is 0 Å². The Hall–Kier alpha value is -2.66. The number of aryl methyl sites for hydroxylation is 1. The highest BCUT2D eigenvalue weighted by Gasteiger charge is 2.43. The minimum atomic E-state index is -0.718. The fraction of sp³-hybridized carbons (Fsp3) is 0.364. The predicted molar refractivity (Wildman–Crippen MR) is 103 cm³/mol. The third-order valence-corrected chi connectivity index (χ3v) is 4.55. The summed E-state index contributed by atoms with van der Waals surface area (Å²) in [5.74, 6) is 0.334. The number of ether oxygens (including phenoxy) is 2. The quantitative estimate of drug-likeness (QED) is 0.525. The molecule has 1 aliphatic rings. The fourth-order valence-corrected chi connectivity index (χ4v) is 3.18. The van der Waals surface area contributed by atoms with Crippen molar-refractivity contribution in [2.45, 2.75) is 32.7 Å². The van der Waals surface area contributed by atoms with Crippen LogP contribution in [0.15, 0.2) is 48.5 Å². The maximum atomic E-state index is 12.6. The number of amides is 2. The molecule has 5 nitrogen and oxygen atoms in total. The first-order chi connectivity index (χ1) is 12.9. The first-order valence-electron chi connectivity index (χ1n) is 9.15. The van der Waals surface area contributed by atoms with Crippen molar-refractivity contribution in [3.8, 4) is 5.75 Å². The molecule has 5 heteroatoms. The molecule has 0 aliphatic carbocycles. The second-order valence-corrected chi connectivity index (χ2v) is 7.37. The van der Waals surface area contributed by atoms with Gasteiger partial charge in [-0.3, -0.25) is 14.5 Å².